The molecule has 2 aromatic rings. The predicted molar refractivity (Wildman–Crippen MR) is 85.8 cm³/mol. The Morgan fingerprint density at radius 2 is 1.90 bits per heavy atom. The van der Waals surface area contributed by atoms with Gasteiger partial charge in [-0.2, -0.15) is 0 Å². The van der Waals surface area contributed by atoms with Crippen molar-refractivity contribution in [3.63, 3.8) is 0 Å². The molecule has 0 aliphatic rings. The van der Waals surface area contributed by atoms with E-state index in [0.29, 0.717) is 12.3 Å². The second kappa shape index (κ2) is 6.99. The molecular weight excluding hydrogens is 264 g/mol. The van der Waals surface area contributed by atoms with Crippen molar-refractivity contribution in [3.8, 4) is 11.5 Å². The number of nitrogens with one attached hydrogen (secondary N) is 1. The Kier molecular flexibility index (Phi) is 5.06. The van der Waals surface area contributed by atoms with E-state index in [1.165, 1.54) is 5.56 Å². The summed E-state index contributed by atoms with van der Waals surface area (Å²) in [7, 11) is 5.66. The van der Waals surface area contributed by atoms with Crippen molar-refractivity contribution >= 4 is 5.69 Å². The lowest BCUT2D eigenvalue weighted by atomic mass is 10.1. The molecule has 0 saturated carbocycles. The van der Waals surface area contributed by atoms with E-state index in [0.717, 1.165) is 17.8 Å². The summed E-state index contributed by atoms with van der Waals surface area (Å²) in [5.74, 6) is 0.657. The first kappa shape index (κ1) is 15.2. The van der Waals surface area contributed by atoms with Gasteiger partial charge in [0.1, 0.15) is 0 Å². The van der Waals surface area contributed by atoms with Crippen molar-refractivity contribution in [1.82, 2.24) is 4.90 Å². The molecule has 0 radical (unpaired) electrons. The van der Waals surface area contributed by atoms with Gasteiger partial charge in [0, 0.05) is 18.8 Å². The van der Waals surface area contributed by atoms with Gasteiger partial charge in [-0.25, -0.2) is 0 Å². The zero-order valence-electron chi connectivity index (χ0n) is 12.8. The summed E-state index contributed by atoms with van der Waals surface area (Å²) in [6.07, 6.45) is 0. The van der Waals surface area contributed by atoms with Gasteiger partial charge in [-0.15, -0.1) is 0 Å². The van der Waals surface area contributed by atoms with E-state index in [4.69, 9.17) is 4.74 Å². The van der Waals surface area contributed by atoms with Crippen molar-refractivity contribution in [1.29, 1.82) is 0 Å². The van der Waals surface area contributed by atoms with Crippen LogP contribution in [0.3, 0.4) is 0 Å². The van der Waals surface area contributed by atoms with Gasteiger partial charge < -0.3 is 20.1 Å². The molecule has 0 atom stereocenters. The summed E-state index contributed by atoms with van der Waals surface area (Å²) < 4.78 is 5.04. The van der Waals surface area contributed by atoms with E-state index in [9.17, 15) is 5.11 Å². The quantitative estimate of drug-likeness (QED) is 0.856. The molecule has 0 saturated heterocycles. The summed E-state index contributed by atoms with van der Waals surface area (Å²) in [6.45, 7) is 1.57. The van der Waals surface area contributed by atoms with Gasteiger partial charge in [0.2, 0.25) is 0 Å². The average molecular weight is 286 g/mol. The lowest BCUT2D eigenvalue weighted by molar-refractivity contribution is 0.373. The van der Waals surface area contributed by atoms with Crippen LogP contribution in [-0.4, -0.2) is 31.2 Å². The number of benzene rings is 2. The molecule has 0 aromatic heterocycles. The van der Waals surface area contributed by atoms with Gasteiger partial charge in [-0.3, -0.25) is 0 Å². The van der Waals surface area contributed by atoms with E-state index in [1.807, 2.05) is 18.2 Å². The SMILES string of the molecule is COc1ccc(CNc2cccc(CN(C)C)c2)cc1O. The topological polar surface area (TPSA) is 44.7 Å². The number of phenolic OH excluding ortho intramolecular Hbond substituents is 1. The second-order valence-corrected chi connectivity index (χ2v) is 5.30. The van der Waals surface area contributed by atoms with Crippen LogP contribution in [0.25, 0.3) is 0 Å². The van der Waals surface area contributed by atoms with Crippen LogP contribution in [0.5, 0.6) is 11.5 Å². The van der Waals surface area contributed by atoms with Gasteiger partial charge >= 0.3 is 0 Å². The molecule has 4 heteroatoms. The Balaban J connectivity index is 2.01. The zero-order valence-corrected chi connectivity index (χ0v) is 12.8. The summed E-state index contributed by atoms with van der Waals surface area (Å²) in [6, 6.07) is 13.8. The monoisotopic (exact) mass is 286 g/mol. The van der Waals surface area contributed by atoms with Gasteiger partial charge in [0.05, 0.1) is 7.11 Å². The fraction of sp³-hybridized carbons (Fsp3) is 0.294. The number of methoxy groups -OCH3 is 1. The standard InChI is InChI=1S/C17H22N2O2/c1-19(2)12-14-5-4-6-15(9-14)18-11-13-7-8-17(21-3)16(20)10-13/h4-10,18,20H,11-12H2,1-3H3. The number of anilines is 1. The molecule has 112 valence electrons. The molecule has 0 aliphatic carbocycles. The zero-order chi connectivity index (χ0) is 15.2. The van der Waals surface area contributed by atoms with Gasteiger partial charge in [0.25, 0.3) is 0 Å². The Hall–Kier alpha value is -2.20. The van der Waals surface area contributed by atoms with Crippen molar-refractivity contribution in [3.05, 3.63) is 53.6 Å². The molecule has 0 fully saturated rings. The van der Waals surface area contributed by atoms with Gasteiger partial charge in [0.15, 0.2) is 11.5 Å². The van der Waals surface area contributed by atoms with Crippen molar-refractivity contribution in [2.45, 2.75) is 13.1 Å². The first-order chi connectivity index (χ1) is 10.1. The number of hydrogen-bond donors (Lipinski definition) is 2. The highest BCUT2D eigenvalue weighted by molar-refractivity contribution is 5.47. The number of aromatic hydroxyl groups is 1. The third-order valence-corrected chi connectivity index (χ3v) is 3.17. The summed E-state index contributed by atoms with van der Waals surface area (Å²) in [4.78, 5) is 2.14. The number of nitrogens with zero attached hydrogens (tertiary/aromatic N) is 1. The molecule has 2 rings (SSSR count). The molecule has 0 heterocycles. The minimum absolute atomic E-state index is 0.165. The highest BCUT2D eigenvalue weighted by Gasteiger charge is 2.03. The van der Waals surface area contributed by atoms with Crippen LogP contribution in [0, 0.1) is 0 Å². The summed E-state index contributed by atoms with van der Waals surface area (Å²) >= 11 is 0. The van der Waals surface area contributed by atoms with Crippen LogP contribution < -0.4 is 10.1 Å². The van der Waals surface area contributed by atoms with E-state index in [-0.39, 0.29) is 5.75 Å². The largest absolute Gasteiger partial charge is 0.504 e. The third kappa shape index (κ3) is 4.39. The maximum atomic E-state index is 9.77. The van der Waals surface area contributed by atoms with Crippen molar-refractivity contribution in [2.75, 3.05) is 26.5 Å². The minimum Gasteiger partial charge on any atom is -0.504 e. The maximum absolute atomic E-state index is 9.77. The highest BCUT2D eigenvalue weighted by atomic mass is 16.5. The number of hydrogen-bond acceptors (Lipinski definition) is 4. The smallest absolute Gasteiger partial charge is 0.160 e. The molecule has 0 spiro atoms. The molecule has 0 amide bonds. The van der Waals surface area contributed by atoms with Crippen LogP contribution in [0.15, 0.2) is 42.5 Å². The molecule has 0 aliphatic heterocycles. The van der Waals surface area contributed by atoms with Gasteiger partial charge in [-0.05, 0) is 49.5 Å². The Morgan fingerprint density at radius 1 is 1.10 bits per heavy atom. The fourth-order valence-corrected chi connectivity index (χ4v) is 2.19. The summed E-state index contributed by atoms with van der Waals surface area (Å²) in [5, 5.41) is 13.1. The molecule has 0 unspecified atom stereocenters. The maximum Gasteiger partial charge on any atom is 0.160 e. The Bertz CT molecular complexity index is 597. The van der Waals surface area contributed by atoms with Gasteiger partial charge in [-0.1, -0.05) is 18.2 Å². The first-order valence-electron chi connectivity index (χ1n) is 6.92. The van der Waals surface area contributed by atoms with Crippen LogP contribution in [0.1, 0.15) is 11.1 Å². The Morgan fingerprint density at radius 3 is 2.57 bits per heavy atom. The van der Waals surface area contributed by atoms with E-state index in [1.54, 1.807) is 19.2 Å². The average Bonchev–Trinajstić information content (AvgIpc) is 2.45. The lowest BCUT2D eigenvalue weighted by Gasteiger charge is -2.12. The molecule has 2 N–H and O–H groups in total. The Labute approximate surface area is 126 Å². The molecule has 21 heavy (non-hydrogen) atoms. The molecule has 2 aromatic carbocycles. The normalized spacial score (nSPS) is 10.7. The molecule has 4 nitrogen and oxygen atoms in total. The van der Waals surface area contributed by atoms with E-state index < -0.39 is 0 Å². The molecular formula is C17H22N2O2. The van der Waals surface area contributed by atoms with Crippen molar-refractivity contribution < 1.29 is 9.84 Å². The first-order valence-corrected chi connectivity index (χ1v) is 6.92. The highest BCUT2D eigenvalue weighted by Crippen LogP contribution is 2.26. The number of rotatable bonds is 6. The summed E-state index contributed by atoms with van der Waals surface area (Å²) in [5.41, 5.74) is 3.35. The number of ether oxygens (including phenoxy) is 1. The third-order valence-electron chi connectivity index (χ3n) is 3.17. The second-order valence-electron chi connectivity index (χ2n) is 5.30. The van der Waals surface area contributed by atoms with E-state index in [2.05, 4.69) is 36.4 Å². The fourth-order valence-electron chi connectivity index (χ4n) is 2.19. The van der Waals surface area contributed by atoms with Crippen LogP contribution in [0.4, 0.5) is 5.69 Å². The predicted octanol–water partition coefficient (Wildman–Crippen LogP) is 3.07. The van der Waals surface area contributed by atoms with Crippen molar-refractivity contribution in [2.24, 2.45) is 0 Å². The van der Waals surface area contributed by atoms with Crippen LogP contribution in [0.2, 0.25) is 0 Å². The van der Waals surface area contributed by atoms with E-state index >= 15 is 0 Å². The minimum atomic E-state index is 0.165. The van der Waals surface area contributed by atoms with Crippen LogP contribution >= 0.6 is 0 Å². The number of phenols is 1. The lowest BCUT2D eigenvalue weighted by Crippen LogP contribution is -2.10. The molecule has 0 bridgehead atoms. The van der Waals surface area contributed by atoms with Crippen LogP contribution in [-0.2, 0) is 13.1 Å².